The predicted octanol–water partition coefficient (Wildman–Crippen LogP) is 5.25. The molecular weight excluding hydrogens is 446 g/mol. The summed E-state index contributed by atoms with van der Waals surface area (Å²) in [4.78, 5) is 14.3. The molecule has 0 unspecified atom stereocenters. The normalized spacial score (nSPS) is 20.0. The van der Waals surface area contributed by atoms with E-state index in [0.29, 0.717) is 26.8 Å². The lowest BCUT2D eigenvalue weighted by molar-refractivity contribution is -0.0500. The molecule has 0 N–H and O–H groups in total. The van der Waals surface area contributed by atoms with Gasteiger partial charge in [-0.3, -0.25) is 0 Å². The number of carbonyl (C=O) groups excluding carboxylic acids is 1. The lowest BCUT2D eigenvalue weighted by Crippen LogP contribution is -2.62. The van der Waals surface area contributed by atoms with Crippen LogP contribution in [0.4, 0.5) is 4.79 Å². The van der Waals surface area contributed by atoms with Crippen molar-refractivity contribution in [1.29, 1.82) is 0 Å². The van der Waals surface area contributed by atoms with Crippen LogP contribution in [0.5, 0.6) is 11.5 Å². The lowest BCUT2D eigenvalue weighted by atomic mass is 9.59. The van der Waals surface area contributed by atoms with Gasteiger partial charge >= 0.3 is 6.09 Å². The fourth-order valence-corrected chi connectivity index (χ4v) is 5.54. The van der Waals surface area contributed by atoms with Crippen molar-refractivity contribution >= 4 is 11.7 Å². The van der Waals surface area contributed by atoms with Crippen molar-refractivity contribution in [1.82, 2.24) is 4.90 Å². The van der Waals surface area contributed by atoms with Crippen molar-refractivity contribution in [3.63, 3.8) is 0 Å². The third-order valence-corrected chi connectivity index (χ3v) is 7.04. The largest absolute Gasteiger partial charge is 0.467 e. The van der Waals surface area contributed by atoms with Gasteiger partial charge in [-0.25, -0.2) is 4.79 Å². The maximum absolute atomic E-state index is 12.4. The summed E-state index contributed by atoms with van der Waals surface area (Å²) in [6, 6.07) is 12.7. The molecule has 2 fully saturated rings. The van der Waals surface area contributed by atoms with Crippen molar-refractivity contribution in [2.75, 3.05) is 26.7 Å². The molecule has 2 aromatic rings. The van der Waals surface area contributed by atoms with Crippen molar-refractivity contribution in [2.45, 2.75) is 52.4 Å². The molecule has 3 aliphatic heterocycles. The molecule has 6 rings (SSSR count). The maximum atomic E-state index is 12.4. The number of likely N-dealkylation sites (tertiary alicyclic amines) is 1. The van der Waals surface area contributed by atoms with Crippen LogP contribution in [0.1, 0.15) is 55.9 Å². The zero-order valence-electron chi connectivity index (χ0n) is 20.5. The van der Waals surface area contributed by atoms with E-state index in [-0.39, 0.29) is 11.5 Å². The molecule has 2 aromatic carbocycles. The Kier molecular flexibility index (Phi) is 5.31. The number of carbonyl (C=O) groups is 1. The molecule has 1 saturated carbocycles. The number of ether oxygens (including phenoxy) is 5. The Morgan fingerprint density at radius 2 is 1.43 bits per heavy atom. The lowest BCUT2D eigenvalue weighted by Gasteiger charge is -2.57. The molecule has 0 aromatic heterocycles. The molecule has 0 bridgehead atoms. The molecular formula is C28H31NO6. The summed E-state index contributed by atoms with van der Waals surface area (Å²) in [6.45, 7) is 8.88. The van der Waals surface area contributed by atoms with Gasteiger partial charge in [0, 0.05) is 29.6 Å². The number of nitrogens with zero attached hydrogens (tertiary/aromatic N) is 1. The Morgan fingerprint density at radius 1 is 0.886 bits per heavy atom. The molecule has 4 aliphatic rings. The summed E-state index contributed by atoms with van der Waals surface area (Å²) < 4.78 is 27.9. The van der Waals surface area contributed by atoms with Crippen LogP contribution in [0.15, 0.2) is 42.0 Å². The Morgan fingerprint density at radius 3 is 1.94 bits per heavy atom. The summed E-state index contributed by atoms with van der Waals surface area (Å²) in [5, 5.41) is 0. The molecule has 0 atom stereocenters. The third-order valence-electron chi connectivity index (χ3n) is 7.04. The standard InChI is InChI=1S/C28H31NO6/c1-27(2,3)35-26(30)29-14-28(15-29)10-22(11-28)25(18-4-6-23-20(8-18)12-31-16-33-23)19-5-7-24-21(9-19)13-32-17-34-24/h4-9H,10-17H2,1-3H3. The van der Waals surface area contributed by atoms with Crippen LogP contribution in [0.2, 0.25) is 0 Å². The topological polar surface area (TPSA) is 66.5 Å². The quantitative estimate of drug-likeness (QED) is 0.589. The first-order chi connectivity index (χ1) is 16.8. The van der Waals surface area contributed by atoms with Crippen LogP contribution in [0.25, 0.3) is 5.57 Å². The number of allylic oxidation sites excluding steroid dienone is 1. The van der Waals surface area contributed by atoms with Gasteiger partial charge in [0.1, 0.15) is 17.1 Å². The monoisotopic (exact) mass is 477 g/mol. The molecule has 1 amide bonds. The zero-order valence-corrected chi connectivity index (χ0v) is 20.5. The summed E-state index contributed by atoms with van der Waals surface area (Å²) >= 11 is 0. The fourth-order valence-electron chi connectivity index (χ4n) is 5.54. The minimum absolute atomic E-state index is 0.151. The number of fused-ring (bicyclic) bond motifs is 2. The summed E-state index contributed by atoms with van der Waals surface area (Å²) in [6.07, 6.45) is 1.72. The van der Waals surface area contributed by atoms with E-state index in [1.54, 1.807) is 0 Å². The van der Waals surface area contributed by atoms with Crippen LogP contribution < -0.4 is 9.47 Å². The van der Waals surface area contributed by atoms with Crippen LogP contribution in [-0.2, 0) is 27.4 Å². The SMILES string of the molecule is CC(C)(C)OC(=O)N1CC2(CC(=C(c3ccc4c(c3)COCO4)c3ccc4c(c3)COCO4)C2)C1. The van der Waals surface area contributed by atoms with Crippen LogP contribution in [0, 0.1) is 5.41 Å². The van der Waals surface area contributed by atoms with Gasteiger partial charge in [-0.2, -0.15) is 0 Å². The van der Waals surface area contributed by atoms with Crippen molar-refractivity contribution < 1.29 is 28.5 Å². The van der Waals surface area contributed by atoms with Crippen molar-refractivity contribution in [2.24, 2.45) is 5.41 Å². The summed E-state index contributed by atoms with van der Waals surface area (Å²) in [5.41, 5.74) is 6.76. The second-order valence-corrected chi connectivity index (χ2v) is 11.0. The molecule has 35 heavy (non-hydrogen) atoms. The zero-order chi connectivity index (χ0) is 24.2. The number of hydrogen-bond acceptors (Lipinski definition) is 6. The average Bonchev–Trinajstić information content (AvgIpc) is 2.78. The Labute approximate surface area is 205 Å². The second-order valence-electron chi connectivity index (χ2n) is 11.0. The highest BCUT2D eigenvalue weighted by molar-refractivity contribution is 5.84. The Hall–Kier alpha value is -3.03. The van der Waals surface area contributed by atoms with E-state index in [9.17, 15) is 4.79 Å². The van der Waals surface area contributed by atoms with Crippen LogP contribution >= 0.6 is 0 Å². The molecule has 184 valence electrons. The van der Waals surface area contributed by atoms with Gasteiger partial charge in [0.05, 0.1) is 13.2 Å². The predicted molar refractivity (Wildman–Crippen MR) is 129 cm³/mol. The smallest absolute Gasteiger partial charge is 0.410 e. The minimum Gasteiger partial charge on any atom is -0.467 e. The van der Waals surface area contributed by atoms with Gasteiger partial charge in [-0.1, -0.05) is 17.7 Å². The molecule has 3 heterocycles. The number of hydrogen-bond donors (Lipinski definition) is 0. The first kappa shape index (κ1) is 22.4. The maximum Gasteiger partial charge on any atom is 0.410 e. The molecule has 1 saturated heterocycles. The first-order valence-electron chi connectivity index (χ1n) is 12.2. The van der Waals surface area contributed by atoms with Crippen LogP contribution in [0.3, 0.4) is 0 Å². The number of rotatable bonds is 2. The van der Waals surface area contributed by atoms with E-state index in [4.69, 9.17) is 23.7 Å². The Balaban J connectivity index is 1.29. The van der Waals surface area contributed by atoms with Crippen molar-refractivity contribution in [3.05, 3.63) is 64.2 Å². The van der Waals surface area contributed by atoms with Crippen molar-refractivity contribution in [3.8, 4) is 11.5 Å². The van der Waals surface area contributed by atoms with E-state index >= 15 is 0 Å². The van der Waals surface area contributed by atoms with E-state index in [1.807, 2.05) is 37.8 Å². The summed E-state index contributed by atoms with van der Waals surface area (Å²) in [5.74, 6) is 1.77. The van der Waals surface area contributed by atoms with Gasteiger partial charge in [0.15, 0.2) is 13.6 Å². The third kappa shape index (κ3) is 4.28. The van der Waals surface area contributed by atoms with Gasteiger partial charge in [-0.15, -0.1) is 0 Å². The van der Waals surface area contributed by atoms with E-state index in [0.717, 1.165) is 59.7 Å². The number of amides is 1. The number of benzene rings is 2. The molecule has 0 radical (unpaired) electrons. The van der Waals surface area contributed by atoms with Crippen LogP contribution in [-0.4, -0.2) is 43.3 Å². The van der Waals surface area contributed by atoms with Gasteiger partial charge in [0.2, 0.25) is 0 Å². The second kappa shape index (κ2) is 8.28. The van der Waals surface area contributed by atoms with E-state index < -0.39 is 5.60 Å². The average molecular weight is 478 g/mol. The highest BCUT2D eigenvalue weighted by Crippen LogP contribution is 2.55. The fraction of sp³-hybridized carbons (Fsp3) is 0.464. The van der Waals surface area contributed by atoms with E-state index in [2.05, 4.69) is 24.3 Å². The molecule has 1 aliphatic carbocycles. The molecule has 1 spiro atoms. The minimum atomic E-state index is -0.475. The van der Waals surface area contributed by atoms with Gasteiger partial charge in [-0.05, 0) is 74.6 Å². The first-order valence-corrected chi connectivity index (χ1v) is 12.2. The summed E-state index contributed by atoms with van der Waals surface area (Å²) in [7, 11) is 0. The van der Waals surface area contributed by atoms with Gasteiger partial charge < -0.3 is 28.6 Å². The Bertz CT molecular complexity index is 1130. The molecule has 7 heteroatoms. The highest BCUT2D eigenvalue weighted by atomic mass is 16.7. The highest BCUT2D eigenvalue weighted by Gasteiger charge is 2.53. The molecule has 7 nitrogen and oxygen atoms in total. The van der Waals surface area contributed by atoms with E-state index in [1.165, 1.54) is 11.1 Å². The van der Waals surface area contributed by atoms with Gasteiger partial charge in [0.25, 0.3) is 0 Å².